The van der Waals surface area contributed by atoms with Gasteiger partial charge in [-0.1, -0.05) is 60.7 Å². The molecular weight excluding hydrogens is 729 g/mol. The van der Waals surface area contributed by atoms with Gasteiger partial charge in [-0.2, -0.15) is 4.31 Å². The highest BCUT2D eigenvalue weighted by Gasteiger charge is 2.49. The molecule has 1 aliphatic rings. The fraction of sp³-hybridized carbons (Fsp3) is 0.371. The maximum absolute atomic E-state index is 14.6. The summed E-state index contributed by atoms with van der Waals surface area (Å²) in [5.74, 6) is -11.5. The number of methoxy groups -OCH3 is 1. The number of hydrogen-bond acceptors (Lipinski definition) is 10. The molecule has 0 aliphatic heterocycles. The number of sulfonamides is 1. The van der Waals surface area contributed by atoms with E-state index in [1.807, 2.05) is 0 Å². The van der Waals surface area contributed by atoms with Gasteiger partial charge in [0.2, 0.25) is 15.9 Å². The Balaban J connectivity index is 1.55. The van der Waals surface area contributed by atoms with Gasteiger partial charge in [0.25, 0.3) is 5.92 Å². The Hall–Kier alpha value is -4.45. The van der Waals surface area contributed by atoms with Crippen molar-refractivity contribution in [3.05, 3.63) is 95.5 Å². The Labute approximate surface area is 301 Å². The maximum Gasteiger partial charge on any atom is 0.407 e. The minimum atomic E-state index is -4.79. The first kappa shape index (κ1) is 38.8. The van der Waals surface area contributed by atoms with Crippen LogP contribution >= 0.6 is 11.3 Å². The van der Waals surface area contributed by atoms with E-state index in [0.29, 0.717) is 25.6 Å². The molecule has 0 spiro atoms. The number of amides is 1. The van der Waals surface area contributed by atoms with Crippen molar-refractivity contribution >= 4 is 49.6 Å². The summed E-state index contributed by atoms with van der Waals surface area (Å²) < 4.78 is 96.8. The van der Waals surface area contributed by atoms with Gasteiger partial charge in [-0.05, 0) is 41.7 Å². The number of nitrogens with zero attached hydrogens (tertiary/aromatic N) is 2. The summed E-state index contributed by atoms with van der Waals surface area (Å²) in [5.41, 5.74) is 8.20. The van der Waals surface area contributed by atoms with Gasteiger partial charge in [0.15, 0.2) is 0 Å². The van der Waals surface area contributed by atoms with Crippen molar-refractivity contribution in [3.8, 4) is 0 Å². The van der Waals surface area contributed by atoms with Crippen LogP contribution in [0.25, 0.3) is 10.2 Å². The van der Waals surface area contributed by atoms with E-state index < -0.39 is 103 Å². The van der Waals surface area contributed by atoms with Crippen LogP contribution in [-0.4, -0.2) is 79.9 Å². The van der Waals surface area contributed by atoms with Crippen LogP contribution in [-0.2, 0) is 29.1 Å². The molecule has 3 aromatic carbocycles. The van der Waals surface area contributed by atoms with E-state index in [0.717, 1.165) is 18.4 Å². The zero-order valence-corrected chi connectivity index (χ0v) is 29.4. The van der Waals surface area contributed by atoms with Crippen molar-refractivity contribution < 1.29 is 49.8 Å². The second-order valence-electron chi connectivity index (χ2n) is 12.5. The first-order valence-electron chi connectivity index (χ1n) is 16.1. The van der Waals surface area contributed by atoms with E-state index in [2.05, 4.69) is 10.3 Å². The predicted molar refractivity (Wildman–Crippen MR) is 183 cm³/mol. The third kappa shape index (κ3) is 9.12. The number of aromatic nitrogens is 1. The summed E-state index contributed by atoms with van der Waals surface area (Å²) in [7, 11) is -3.74. The van der Waals surface area contributed by atoms with Crippen molar-refractivity contribution in [1.29, 1.82) is 0 Å². The van der Waals surface area contributed by atoms with E-state index in [9.17, 15) is 40.4 Å². The summed E-state index contributed by atoms with van der Waals surface area (Å²) in [6.07, 6.45) is -4.50. The number of alkyl carbamates (subject to hydrolysis) is 1. The first-order chi connectivity index (χ1) is 24.6. The largest absolute Gasteiger partial charge is 0.453 e. The fourth-order valence-electron chi connectivity index (χ4n) is 6.11. The Bertz CT molecular complexity index is 1940. The van der Waals surface area contributed by atoms with Crippen LogP contribution in [0, 0.1) is 5.92 Å². The summed E-state index contributed by atoms with van der Waals surface area (Å²) in [6.45, 7) is -1.81. The van der Waals surface area contributed by atoms with Gasteiger partial charge in [-0.15, -0.1) is 11.3 Å². The van der Waals surface area contributed by atoms with Crippen LogP contribution in [0.5, 0.6) is 0 Å². The molecule has 278 valence electrons. The van der Waals surface area contributed by atoms with Crippen molar-refractivity contribution in [2.45, 2.75) is 60.4 Å². The highest BCUT2D eigenvalue weighted by Crippen LogP contribution is 2.44. The molecule has 0 radical (unpaired) electrons. The molecule has 1 fully saturated rings. The Morgan fingerprint density at radius 2 is 1.63 bits per heavy atom. The molecule has 2 atom stereocenters. The monoisotopic (exact) mass is 764 g/mol. The number of carbonyl (C=O) groups is 3. The zero-order valence-electron chi connectivity index (χ0n) is 27.8. The molecule has 1 amide bonds. The SMILES string of the molecule is COC(=O)N[C@H](C(=O)OC(=O)[C@H](CCC(F)(F)CN)N(CC1CC(F)(F)C1)S(=O)(=O)c1ccc2ncsc2c1)C(c1ccccc1)c1ccccc1. The van der Waals surface area contributed by atoms with Crippen LogP contribution in [0.2, 0.25) is 0 Å². The molecule has 52 heavy (non-hydrogen) atoms. The van der Waals surface area contributed by atoms with Crippen molar-refractivity contribution in [3.63, 3.8) is 0 Å². The maximum atomic E-state index is 14.6. The highest BCUT2D eigenvalue weighted by atomic mass is 32.2. The van der Waals surface area contributed by atoms with E-state index in [1.54, 1.807) is 60.7 Å². The number of rotatable bonds is 15. The number of ether oxygens (including phenoxy) is 2. The van der Waals surface area contributed by atoms with E-state index in [1.165, 1.54) is 23.7 Å². The number of hydrogen-bond donors (Lipinski definition) is 2. The van der Waals surface area contributed by atoms with Gasteiger partial charge in [-0.25, -0.2) is 45.3 Å². The quantitative estimate of drug-likeness (QED) is 0.0880. The number of thiazole rings is 1. The lowest BCUT2D eigenvalue weighted by atomic mass is 9.81. The predicted octanol–water partition coefficient (Wildman–Crippen LogP) is 5.70. The van der Waals surface area contributed by atoms with Crippen molar-refractivity contribution in [2.24, 2.45) is 11.7 Å². The van der Waals surface area contributed by atoms with Gasteiger partial charge in [0.1, 0.15) is 12.1 Å². The number of benzene rings is 3. The molecule has 17 heteroatoms. The average molecular weight is 765 g/mol. The number of fused-ring (bicyclic) bond motifs is 1. The van der Waals surface area contributed by atoms with Gasteiger partial charge >= 0.3 is 18.0 Å². The third-order valence-corrected chi connectivity index (χ3v) is 11.5. The van der Waals surface area contributed by atoms with Crippen LogP contribution < -0.4 is 11.1 Å². The number of carbonyl (C=O) groups excluding carboxylic acids is 3. The summed E-state index contributed by atoms with van der Waals surface area (Å²) in [5, 5.41) is 2.39. The molecular formula is C35H36F4N4O7S2. The Kier molecular flexibility index (Phi) is 12.0. The van der Waals surface area contributed by atoms with Crippen LogP contribution in [0.3, 0.4) is 0 Å². The fourth-order valence-corrected chi connectivity index (χ4v) is 8.62. The standard InChI is InChI=1S/C35H36F4N4O7S2/c1-49-33(46)42-30(29(23-8-4-2-5-9-23)24-10-6-3-7-11-24)32(45)50-31(44)27(14-15-34(36,37)20-40)43(19-22-17-35(38,39)18-22)52(47,48)25-12-13-26-28(16-25)51-21-41-26/h2-13,16,21-22,27,29-30H,14-15,17-20,40H2,1H3,(H,42,46)/t27-,30-/m0/s1. The lowest BCUT2D eigenvalue weighted by molar-refractivity contribution is -0.165. The lowest BCUT2D eigenvalue weighted by Crippen LogP contribution is -2.53. The van der Waals surface area contributed by atoms with E-state index in [4.69, 9.17) is 15.2 Å². The Morgan fingerprint density at radius 3 is 2.19 bits per heavy atom. The zero-order chi connectivity index (χ0) is 37.7. The van der Waals surface area contributed by atoms with Crippen molar-refractivity contribution in [2.75, 3.05) is 20.2 Å². The second-order valence-corrected chi connectivity index (χ2v) is 15.2. The molecule has 3 N–H and O–H groups in total. The smallest absolute Gasteiger partial charge is 0.407 e. The van der Waals surface area contributed by atoms with Crippen LogP contribution in [0.1, 0.15) is 42.7 Å². The van der Waals surface area contributed by atoms with Gasteiger partial charge in [-0.3, -0.25) is 0 Å². The lowest BCUT2D eigenvalue weighted by Gasteiger charge is -2.39. The second kappa shape index (κ2) is 16.1. The first-order valence-corrected chi connectivity index (χ1v) is 18.5. The Morgan fingerprint density at radius 1 is 1.02 bits per heavy atom. The molecule has 1 aliphatic carbocycles. The molecule has 1 saturated carbocycles. The average Bonchev–Trinajstić information content (AvgIpc) is 3.59. The molecule has 0 saturated heterocycles. The number of alkyl halides is 4. The van der Waals surface area contributed by atoms with Crippen molar-refractivity contribution in [1.82, 2.24) is 14.6 Å². The third-order valence-electron chi connectivity index (χ3n) is 8.79. The van der Waals surface area contributed by atoms with Crippen LogP contribution in [0.4, 0.5) is 22.4 Å². The summed E-state index contributed by atoms with van der Waals surface area (Å²) in [4.78, 5) is 44.5. The number of halogens is 4. The molecule has 0 bridgehead atoms. The van der Waals surface area contributed by atoms with E-state index in [-0.39, 0.29) is 4.90 Å². The molecule has 1 aromatic heterocycles. The van der Waals surface area contributed by atoms with Gasteiger partial charge in [0.05, 0.1) is 34.3 Å². The molecule has 4 aromatic rings. The number of nitrogens with two attached hydrogens (primary N) is 1. The molecule has 11 nitrogen and oxygen atoms in total. The number of nitrogens with one attached hydrogen (secondary N) is 1. The molecule has 0 unspecified atom stereocenters. The highest BCUT2D eigenvalue weighted by molar-refractivity contribution is 7.89. The topological polar surface area (TPSA) is 158 Å². The molecule has 5 rings (SSSR count). The van der Waals surface area contributed by atoms with Gasteiger partial charge in [0, 0.05) is 31.7 Å². The summed E-state index contributed by atoms with van der Waals surface area (Å²) in [6, 6.07) is 17.0. The van der Waals surface area contributed by atoms with E-state index >= 15 is 0 Å². The van der Waals surface area contributed by atoms with Crippen LogP contribution in [0.15, 0.2) is 89.3 Å². The number of esters is 2. The summed E-state index contributed by atoms with van der Waals surface area (Å²) >= 11 is 1.12. The minimum Gasteiger partial charge on any atom is -0.453 e. The van der Waals surface area contributed by atoms with Gasteiger partial charge < -0.3 is 20.5 Å². The normalized spacial score (nSPS) is 15.9. The minimum absolute atomic E-state index is 0.358. The molecule has 1 heterocycles.